The van der Waals surface area contributed by atoms with E-state index in [0.717, 1.165) is 24.8 Å². The molecule has 1 saturated carbocycles. The van der Waals surface area contributed by atoms with Gasteiger partial charge in [-0.15, -0.1) is 0 Å². The molecule has 1 aromatic carbocycles. The molecule has 0 N–H and O–H groups in total. The molecule has 144 valence electrons. The number of carbonyl (C=O) groups excluding carboxylic acids is 2. The topological polar surface area (TPSA) is 79.6 Å². The molecule has 2 aliphatic rings. The fourth-order valence-corrected chi connectivity index (χ4v) is 3.95. The van der Waals surface area contributed by atoms with Gasteiger partial charge >= 0.3 is 5.97 Å². The molecule has 0 spiro atoms. The van der Waals surface area contributed by atoms with Gasteiger partial charge in [0.15, 0.2) is 6.61 Å². The minimum atomic E-state index is -0.786. The second-order valence-corrected chi connectivity index (χ2v) is 7.67. The highest BCUT2D eigenvalue weighted by Gasteiger charge is 2.39. The van der Waals surface area contributed by atoms with Crippen LogP contribution in [0.2, 0.25) is 5.02 Å². The Balaban J connectivity index is 1.56. The van der Waals surface area contributed by atoms with Crippen LogP contribution in [0.5, 0.6) is 5.75 Å². The normalized spacial score (nSPS) is 20.6. The lowest BCUT2D eigenvalue weighted by Gasteiger charge is -2.38. The molecule has 3 rings (SSSR count). The molecule has 7 heteroatoms. The lowest BCUT2D eigenvalue weighted by atomic mass is 9.81. The van der Waals surface area contributed by atoms with Gasteiger partial charge in [-0.1, -0.05) is 30.9 Å². The van der Waals surface area contributed by atoms with Crippen molar-refractivity contribution in [2.45, 2.75) is 44.1 Å². The molecule has 1 aromatic rings. The lowest BCUT2D eigenvalue weighted by Crippen LogP contribution is -2.51. The Kier molecular flexibility index (Phi) is 5.91. The van der Waals surface area contributed by atoms with Crippen LogP contribution in [0.4, 0.5) is 0 Å². The standard InChI is InChI=1S/C20H23ClN2O4/c1-23(20(13-22)7-3-2-4-8-20)18(24)12-27-19(25)15-9-14-10-16(21)5-6-17(14)26-11-15/h5-6,10,15H,2-4,7-9,11-12H2,1H3/t15-/m1/s1. The van der Waals surface area contributed by atoms with Gasteiger partial charge < -0.3 is 14.4 Å². The second-order valence-electron chi connectivity index (χ2n) is 7.23. The summed E-state index contributed by atoms with van der Waals surface area (Å²) in [6.45, 7) is -0.155. The molecule has 0 bridgehead atoms. The van der Waals surface area contributed by atoms with E-state index in [1.807, 2.05) is 0 Å². The Morgan fingerprint density at radius 3 is 2.81 bits per heavy atom. The van der Waals surface area contributed by atoms with Crippen LogP contribution in [0.25, 0.3) is 0 Å². The maximum atomic E-state index is 12.5. The summed E-state index contributed by atoms with van der Waals surface area (Å²) in [5.41, 5.74) is 0.0653. The zero-order chi connectivity index (χ0) is 19.4. The summed E-state index contributed by atoms with van der Waals surface area (Å²) >= 11 is 5.99. The van der Waals surface area contributed by atoms with Crippen LogP contribution in [0.3, 0.4) is 0 Å². The first-order valence-corrected chi connectivity index (χ1v) is 9.59. The first-order valence-electron chi connectivity index (χ1n) is 9.21. The molecule has 1 heterocycles. The highest BCUT2D eigenvalue weighted by molar-refractivity contribution is 6.30. The number of fused-ring (bicyclic) bond motifs is 1. The van der Waals surface area contributed by atoms with Gasteiger partial charge in [-0.2, -0.15) is 5.26 Å². The Hall–Kier alpha value is -2.26. The molecule has 1 aliphatic carbocycles. The van der Waals surface area contributed by atoms with Crippen LogP contribution >= 0.6 is 11.6 Å². The van der Waals surface area contributed by atoms with E-state index in [1.54, 1.807) is 25.2 Å². The summed E-state index contributed by atoms with van der Waals surface area (Å²) in [5.74, 6) is -0.592. The molecule has 1 fully saturated rings. The molecule has 1 amide bonds. The molecular weight excluding hydrogens is 368 g/mol. The summed E-state index contributed by atoms with van der Waals surface area (Å²) in [4.78, 5) is 26.3. The van der Waals surface area contributed by atoms with Crippen molar-refractivity contribution >= 4 is 23.5 Å². The summed E-state index contributed by atoms with van der Waals surface area (Å²) in [6.07, 6.45) is 4.70. The number of hydrogen-bond donors (Lipinski definition) is 0. The van der Waals surface area contributed by atoms with Crippen molar-refractivity contribution in [3.63, 3.8) is 0 Å². The first-order chi connectivity index (χ1) is 12.9. The number of carbonyl (C=O) groups is 2. The molecular formula is C20H23ClN2O4. The van der Waals surface area contributed by atoms with Crippen LogP contribution in [0.15, 0.2) is 18.2 Å². The Morgan fingerprint density at radius 1 is 1.37 bits per heavy atom. The number of likely N-dealkylation sites (N-methyl/N-ethyl adjacent to an activating group) is 1. The summed E-state index contributed by atoms with van der Waals surface area (Å²) < 4.78 is 10.8. The number of nitrogens with zero attached hydrogens (tertiary/aromatic N) is 2. The SMILES string of the molecule is CN(C(=O)COC(=O)[C@H]1COc2ccc(Cl)cc2C1)C1(C#N)CCCCC1. The molecule has 27 heavy (non-hydrogen) atoms. The lowest BCUT2D eigenvalue weighted by molar-refractivity contribution is -0.158. The van der Waals surface area contributed by atoms with Crippen molar-refractivity contribution in [3.8, 4) is 11.8 Å². The summed E-state index contributed by atoms with van der Waals surface area (Å²) in [5, 5.41) is 10.2. The van der Waals surface area contributed by atoms with Crippen molar-refractivity contribution in [1.82, 2.24) is 4.90 Å². The summed E-state index contributed by atoms with van der Waals surface area (Å²) in [7, 11) is 1.62. The van der Waals surface area contributed by atoms with Gasteiger partial charge in [0.2, 0.25) is 0 Å². The van der Waals surface area contributed by atoms with Crippen molar-refractivity contribution in [1.29, 1.82) is 5.26 Å². The van der Waals surface area contributed by atoms with Crippen LogP contribution in [0, 0.1) is 17.2 Å². The van der Waals surface area contributed by atoms with Crippen LogP contribution in [0.1, 0.15) is 37.7 Å². The zero-order valence-corrected chi connectivity index (χ0v) is 16.1. The average molecular weight is 391 g/mol. The number of hydrogen-bond acceptors (Lipinski definition) is 5. The van der Waals surface area contributed by atoms with E-state index in [9.17, 15) is 14.9 Å². The van der Waals surface area contributed by atoms with Gasteiger partial charge in [0.1, 0.15) is 17.9 Å². The van der Waals surface area contributed by atoms with E-state index >= 15 is 0 Å². The fraction of sp³-hybridized carbons (Fsp3) is 0.550. The molecule has 0 saturated heterocycles. The third-order valence-corrected chi connectivity index (χ3v) is 5.74. The minimum Gasteiger partial charge on any atom is -0.492 e. The van der Waals surface area contributed by atoms with Gasteiger partial charge in [0.05, 0.1) is 12.0 Å². The highest BCUT2D eigenvalue weighted by atomic mass is 35.5. The Morgan fingerprint density at radius 2 is 2.11 bits per heavy atom. The molecule has 6 nitrogen and oxygen atoms in total. The van der Waals surface area contributed by atoms with E-state index in [0.29, 0.717) is 30.0 Å². The second kappa shape index (κ2) is 8.18. The zero-order valence-electron chi connectivity index (χ0n) is 15.4. The largest absolute Gasteiger partial charge is 0.492 e. The number of ether oxygens (including phenoxy) is 2. The van der Waals surface area contributed by atoms with Gasteiger partial charge in [-0.05, 0) is 43.0 Å². The average Bonchev–Trinajstić information content (AvgIpc) is 2.71. The molecule has 0 aromatic heterocycles. The molecule has 0 radical (unpaired) electrons. The third kappa shape index (κ3) is 4.19. The number of amides is 1. The highest BCUT2D eigenvalue weighted by Crippen LogP contribution is 2.33. The van der Waals surface area contributed by atoms with Gasteiger partial charge in [0, 0.05) is 12.1 Å². The van der Waals surface area contributed by atoms with Gasteiger partial charge in [-0.25, -0.2) is 0 Å². The van der Waals surface area contributed by atoms with Crippen molar-refractivity contribution in [2.24, 2.45) is 5.92 Å². The van der Waals surface area contributed by atoms with E-state index in [4.69, 9.17) is 21.1 Å². The molecule has 1 atom stereocenters. The first kappa shape index (κ1) is 19.5. The number of rotatable bonds is 4. The number of nitriles is 1. The minimum absolute atomic E-state index is 0.208. The molecule has 1 aliphatic heterocycles. The van der Waals surface area contributed by atoms with E-state index < -0.39 is 17.4 Å². The monoisotopic (exact) mass is 390 g/mol. The maximum absolute atomic E-state index is 12.5. The van der Waals surface area contributed by atoms with Crippen molar-refractivity contribution in [3.05, 3.63) is 28.8 Å². The third-order valence-electron chi connectivity index (χ3n) is 5.51. The van der Waals surface area contributed by atoms with E-state index in [2.05, 4.69) is 6.07 Å². The summed E-state index contributed by atoms with van der Waals surface area (Å²) in [6, 6.07) is 7.59. The van der Waals surface area contributed by atoms with Gasteiger partial charge in [-0.3, -0.25) is 9.59 Å². The number of esters is 1. The van der Waals surface area contributed by atoms with E-state index in [-0.39, 0.29) is 19.1 Å². The Labute approximate surface area is 164 Å². The molecule has 0 unspecified atom stereocenters. The van der Waals surface area contributed by atoms with Crippen LogP contribution < -0.4 is 4.74 Å². The quantitative estimate of drug-likeness (QED) is 0.738. The maximum Gasteiger partial charge on any atom is 0.313 e. The smallest absolute Gasteiger partial charge is 0.313 e. The Bertz CT molecular complexity index is 768. The number of halogens is 1. The fourth-order valence-electron chi connectivity index (χ4n) is 3.76. The van der Waals surface area contributed by atoms with Gasteiger partial charge in [0.25, 0.3) is 5.91 Å². The van der Waals surface area contributed by atoms with Crippen LogP contribution in [-0.2, 0) is 20.7 Å². The van der Waals surface area contributed by atoms with Crippen molar-refractivity contribution in [2.75, 3.05) is 20.3 Å². The predicted octanol–water partition coefficient (Wildman–Crippen LogP) is 3.12. The predicted molar refractivity (Wildman–Crippen MR) is 99.3 cm³/mol. The van der Waals surface area contributed by atoms with E-state index in [1.165, 1.54) is 4.90 Å². The van der Waals surface area contributed by atoms with Crippen LogP contribution in [-0.4, -0.2) is 42.6 Å². The van der Waals surface area contributed by atoms with Crippen molar-refractivity contribution < 1.29 is 19.1 Å². The number of benzene rings is 1.